The van der Waals surface area contributed by atoms with Crippen molar-refractivity contribution in [2.75, 3.05) is 7.05 Å². The van der Waals surface area contributed by atoms with Gasteiger partial charge in [0.15, 0.2) is 0 Å². The van der Waals surface area contributed by atoms with Gasteiger partial charge in [-0.15, -0.1) is 0 Å². The van der Waals surface area contributed by atoms with Crippen LogP contribution in [0.1, 0.15) is 33.3 Å². The lowest BCUT2D eigenvalue weighted by atomic mass is 10.2. The largest absolute Gasteiger partial charge is 0.316 e. The fourth-order valence-electron chi connectivity index (χ4n) is 1.18. The Bertz CT molecular complexity index is 303. The van der Waals surface area contributed by atoms with Crippen LogP contribution in [0.15, 0.2) is 66.7 Å². The van der Waals surface area contributed by atoms with Crippen LogP contribution in [0.25, 0.3) is 0 Å². The Morgan fingerprint density at radius 3 is 1.26 bits per heavy atom. The van der Waals surface area contributed by atoms with Crippen molar-refractivity contribution < 1.29 is 0 Å². The van der Waals surface area contributed by atoms with Gasteiger partial charge in [-0.2, -0.15) is 0 Å². The van der Waals surface area contributed by atoms with Gasteiger partial charge in [-0.3, -0.25) is 0 Å². The zero-order chi connectivity index (χ0) is 14.8. The van der Waals surface area contributed by atoms with Gasteiger partial charge in [-0.1, -0.05) is 94.4 Å². The summed E-state index contributed by atoms with van der Waals surface area (Å²) in [6, 6.07) is 22.3. The van der Waals surface area contributed by atoms with E-state index in [4.69, 9.17) is 0 Å². The summed E-state index contributed by atoms with van der Waals surface area (Å²) in [6.45, 7) is 8.96. The molecular weight excluding hydrogens is 230 g/mol. The van der Waals surface area contributed by atoms with Crippen LogP contribution < -0.4 is 5.32 Å². The third-order valence-electron chi connectivity index (χ3n) is 1.89. The van der Waals surface area contributed by atoms with Crippen molar-refractivity contribution in [1.29, 1.82) is 0 Å². The lowest BCUT2D eigenvalue weighted by molar-refractivity contribution is 0.818. The third-order valence-corrected chi connectivity index (χ3v) is 1.89. The van der Waals surface area contributed by atoms with Crippen LogP contribution in [0.4, 0.5) is 0 Å². The molecule has 0 bridgehead atoms. The summed E-state index contributed by atoms with van der Waals surface area (Å²) < 4.78 is 0. The lowest BCUT2D eigenvalue weighted by Crippen LogP contribution is -2.04. The van der Waals surface area contributed by atoms with Crippen LogP contribution in [-0.4, -0.2) is 7.05 Å². The van der Waals surface area contributed by atoms with Crippen LogP contribution in [0.5, 0.6) is 0 Å². The molecule has 106 valence electrons. The molecule has 0 fully saturated rings. The van der Waals surface area contributed by atoms with Crippen molar-refractivity contribution in [2.24, 2.45) is 0 Å². The van der Waals surface area contributed by atoms with E-state index in [0.29, 0.717) is 0 Å². The number of hydrogen-bond donors (Lipinski definition) is 1. The number of rotatable bonds is 2. The van der Waals surface area contributed by atoms with Crippen molar-refractivity contribution in [3.05, 3.63) is 72.3 Å². The predicted molar refractivity (Wildman–Crippen MR) is 88.3 cm³/mol. The monoisotopic (exact) mass is 259 g/mol. The maximum absolute atomic E-state index is 3.08. The highest BCUT2D eigenvalue weighted by atomic mass is 14.8. The van der Waals surface area contributed by atoms with Crippen molar-refractivity contribution in [3.8, 4) is 0 Å². The van der Waals surface area contributed by atoms with Gasteiger partial charge in [0.2, 0.25) is 0 Å². The molecule has 0 heterocycles. The molecular formula is C18H29N. The first-order valence-corrected chi connectivity index (χ1v) is 7.12. The summed E-state index contributed by atoms with van der Waals surface area (Å²) in [7, 11) is 1.95. The van der Waals surface area contributed by atoms with Crippen molar-refractivity contribution in [1.82, 2.24) is 5.32 Å². The van der Waals surface area contributed by atoms with Crippen LogP contribution in [-0.2, 0) is 6.54 Å². The molecule has 2 aromatic rings. The number of benzene rings is 2. The molecule has 1 heteroatoms. The normalized spacial score (nSPS) is 7.63. The standard InChI is InChI=1S/C8H11N.C6H6.2C2H6/c1-9-7-8-5-3-2-4-6-8;1-2-4-6-5-3-1;2*1-2/h2-6,9H,7H2,1H3;1-6H;2*1-2H3. The van der Waals surface area contributed by atoms with Gasteiger partial charge in [0.05, 0.1) is 0 Å². The summed E-state index contributed by atoms with van der Waals surface area (Å²) >= 11 is 0. The second-order valence-electron chi connectivity index (χ2n) is 3.17. The van der Waals surface area contributed by atoms with Gasteiger partial charge in [0.25, 0.3) is 0 Å². The molecule has 0 saturated heterocycles. The fourth-order valence-corrected chi connectivity index (χ4v) is 1.18. The number of hydrogen-bond acceptors (Lipinski definition) is 1. The van der Waals surface area contributed by atoms with Crippen molar-refractivity contribution >= 4 is 0 Å². The molecule has 0 atom stereocenters. The molecule has 19 heavy (non-hydrogen) atoms. The van der Waals surface area contributed by atoms with E-state index in [1.165, 1.54) is 5.56 Å². The molecule has 1 nitrogen and oxygen atoms in total. The van der Waals surface area contributed by atoms with E-state index in [1.54, 1.807) is 0 Å². The van der Waals surface area contributed by atoms with Crippen LogP contribution in [0.3, 0.4) is 0 Å². The zero-order valence-electron chi connectivity index (χ0n) is 13.1. The van der Waals surface area contributed by atoms with E-state index >= 15 is 0 Å². The fraction of sp³-hybridized carbons (Fsp3) is 0.333. The van der Waals surface area contributed by atoms with Gasteiger partial charge in [0, 0.05) is 6.54 Å². The highest BCUT2D eigenvalue weighted by molar-refractivity contribution is 5.13. The second-order valence-corrected chi connectivity index (χ2v) is 3.17. The Balaban J connectivity index is 0. The van der Waals surface area contributed by atoms with E-state index in [9.17, 15) is 0 Å². The molecule has 0 aromatic heterocycles. The first-order valence-electron chi connectivity index (χ1n) is 7.12. The molecule has 0 amide bonds. The minimum absolute atomic E-state index is 0.959. The smallest absolute Gasteiger partial charge is 0.0202 e. The first kappa shape index (κ1) is 19.7. The van der Waals surface area contributed by atoms with Gasteiger partial charge in [0.1, 0.15) is 0 Å². The average molecular weight is 259 g/mol. The van der Waals surface area contributed by atoms with Crippen LogP contribution >= 0.6 is 0 Å². The van der Waals surface area contributed by atoms with E-state index < -0.39 is 0 Å². The van der Waals surface area contributed by atoms with E-state index in [0.717, 1.165) is 6.54 Å². The quantitative estimate of drug-likeness (QED) is 0.787. The Hall–Kier alpha value is -1.60. The second kappa shape index (κ2) is 18.8. The topological polar surface area (TPSA) is 12.0 Å². The molecule has 0 aliphatic heterocycles. The molecule has 0 aliphatic carbocycles. The van der Waals surface area contributed by atoms with Gasteiger partial charge in [-0.05, 0) is 12.6 Å². The third kappa shape index (κ3) is 14.3. The molecule has 2 aromatic carbocycles. The maximum Gasteiger partial charge on any atom is 0.0202 e. The van der Waals surface area contributed by atoms with Crippen molar-refractivity contribution in [2.45, 2.75) is 34.2 Å². The summed E-state index contributed by atoms with van der Waals surface area (Å²) in [6.07, 6.45) is 0. The first-order chi connectivity index (χ1) is 9.43. The molecule has 0 saturated carbocycles. The molecule has 1 N–H and O–H groups in total. The summed E-state index contributed by atoms with van der Waals surface area (Å²) in [5, 5.41) is 3.08. The predicted octanol–water partition coefficient (Wildman–Crippen LogP) is 5.15. The highest BCUT2D eigenvalue weighted by Gasteiger charge is 1.83. The van der Waals surface area contributed by atoms with Gasteiger partial charge >= 0.3 is 0 Å². The van der Waals surface area contributed by atoms with E-state index in [2.05, 4.69) is 17.4 Å². The van der Waals surface area contributed by atoms with Gasteiger partial charge in [-0.25, -0.2) is 0 Å². The molecule has 0 unspecified atom stereocenters. The van der Waals surface area contributed by atoms with E-state index in [1.807, 2.05) is 89.3 Å². The average Bonchev–Trinajstić information content (AvgIpc) is 2.55. The zero-order valence-corrected chi connectivity index (χ0v) is 13.1. The van der Waals surface area contributed by atoms with Crippen LogP contribution in [0, 0.1) is 0 Å². The summed E-state index contributed by atoms with van der Waals surface area (Å²) in [5.74, 6) is 0. The molecule has 0 aliphatic rings. The summed E-state index contributed by atoms with van der Waals surface area (Å²) in [5.41, 5.74) is 1.33. The van der Waals surface area contributed by atoms with E-state index in [-0.39, 0.29) is 0 Å². The summed E-state index contributed by atoms with van der Waals surface area (Å²) in [4.78, 5) is 0. The van der Waals surface area contributed by atoms with Crippen molar-refractivity contribution in [3.63, 3.8) is 0 Å². The van der Waals surface area contributed by atoms with Gasteiger partial charge < -0.3 is 5.32 Å². The molecule has 0 spiro atoms. The Morgan fingerprint density at radius 2 is 0.947 bits per heavy atom. The Labute approximate surface area is 119 Å². The molecule has 2 rings (SSSR count). The number of nitrogens with one attached hydrogen (secondary N) is 1. The maximum atomic E-state index is 3.08. The Morgan fingerprint density at radius 1 is 0.632 bits per heavy atom. The highest BCUT2D eigenvalue weighted by Crippen LogP contribution is 1.95. The lowest BCUT2D eigenvalue weighted by Gasteiger charge is -1.95. The minimum Gasteiger partial charge on any atom is -0.316 e. The minimum atomic E-state index is 0.959. The van der Waals surface area contributed by atoms with Crippen LogP contribution in [0.2, 0.25) is 0 Å². The molecule has 0 radical (unpaired) electrons. The Kier molecular flexibility index (Phi) is 19.5. The SMILES string of the molecule is CC.CC.CNCc1ccccc1.c1ccccc1.